The summed E-state index contributed by atoms with van der Waals surface area (Å²) in [5.41, 5.74) is 7.32. The smallest absolute Gasteiger partial charge is 0.116 e. The number of aromatic nitrogens is 2. The summed E-state index contributed by atoms with van der Waals surface area (Å²) < 4.78 is 0. The Bertz CT molecular complexity index is 470. The van der Waals surface area contributed by atoms with Gasteiger partial charge < -0.3 is 5.73 Å². The van der Waals surface area contributed by atoms with E-state index in [9.17, 15) is 0 Å². The third-order valence-corrected chi connectivity index (χ3v) is 2.62. The van der Waals surface area contributed by atoms with Gasteiger partial charge in [0.2, 0.25) is 0 Å². The second-order valence-electron chi connectivity index (χ2n) is 3.35. The Morgan fingerprint density at radius 1 is 1.27 bits per heavy atom. The Labute approximate surface area is 93.3 Å². The van der Waals surface area contributed by atoms with Gasteiger partial charge in [0.15, 0.2) is 0 Å². The van der Waals surface area contributed by atoms with E-state index in [0.717, 1.165) is 29.4 Å². The van der Waals surface area contributed by atoms with E-state index >= 15 is 0 Å². The van der Waals surface area contributed by atoms with Gasteiger partial charge in [-0.3, -0.25) is 0 Å². The van der Waals surface area contributed by atoms with Crippen LogP contribution in [-0.2, 0) is 6.42 Å². The van der Waals surface area contributed by atoms with Gasteiger partial charge >= 0.3 is 0 Å². The first-order valence-corrected chi connectivity index (χ1v) is 5.29. The lowest BCUT2D eigenvalue weighted by Crippen LogP contribution is -2.02. The van der Waals surface area contributed by atoms with Crippen LogP contribution in [0.2, 0.25) is 5.02 Å². The molecule has 0 aliphatic heterocycles. The van der Waals surface area contributed by atoms with Gasteiger partial charge in [-0.1, -0.05) is 23.7 Å². The molecule has 0 aliphatic rings. The van der Waals surface area contributed by atoms with E-state index in [1.54, 1.807) is 6.33 Å². The molecule has 0 fully saturated rings. The summed E-state index contributed by atoms with van der Waals surface area (Å²) in [6.45, 7) is 0.673. The highest BCUT2D eigenvalue weighted by Crippen LogP contribution is 2.22. The summed E-state index contributed by atoms with van der Waals surface area (Å²) in [6.07, 6.45) is 3.36. The van der Waals surface area contributed by atoms with Gasteiger partial charge in [-0.2, -0.15) is 0 Å². The SMILES string of the molecule is NCCCc1ncnc2c(Cl)cccc12. The maximum Gasteiger partial charge on any atom is 0.116 e. The highest BCUT2D eigenvalue weighted by molar-refractivity contribution is 6.35. The minimum Gasteiger partial charge on any atom is -0.330 e. The van der Waals surface area contributed by atoms with Crippen molar-refractivity contribution in [2.24, 2.45) is 5.73 Å². The maximum absolute atomic E-state index is 6.05. The van der Waals surface area contributed by atoms with Gasteiger partial charge in [-0.05, 0) is 25.5 Å². The standard InChI is InChI=1S/C11H12ClN3/c12-9-4-1-3-8-10(5-2-6-13)14-7-15-11(8)9/h1,3-4,7H,2,5-6,13H2. The average Bonchev–Trinajstić information content (AvgIpc) is 2.27. The first-order valence-electron chi connectivity index (χ1n) is 4.91. The Morgan fingerprint density at radius 3 is 2.93 bits per heavy atom. The zero-order valence-electron chi connectivity index (χ0n) is 8.28. The average molecular weight is 222 g/mol. The number of hydrogen-bond acceptors (Lipinski definition) is 3. The number of aryl methyl sites for hydroxylation is 1. The Hall–Kier alpha value is -1.19. The van der Waals surface area contributed by atoms with Crippen molar-refractivity contribution < 1.29 is 0 Å². The van der Waals surface area contributed by atoms with E-state index in [0.29, 0.717) is 11.6 Å². The van der Waals surface area contributed by atoms with Gasteiger partial charge in [-0.15, -0.1) is 0 Å². The molecule has 0 bridgehead atoms. The van der Waals surface area contributed by atoms with Crippen LogP contribution in [0, 0.1) is 0 Å². The number of halogens is 1. The molecule has 0 unspecified atom stereocenters. The summed E-state index contributed by atoms with van der Waals surface area (Å²) in [7, 11) is 0. The van der Waals surface area contributed by atoms with E-state index in [1.165, 1.54) is 0 Å². The molecule has 0 saturated heterocycles. The topological polar surface area (TPSA) is 51.8 Å². The molecule has 0 saturated carbocycles. The van der Waals surface area contributed by atoms with Crippen molar-refractivity contribution in [2.75, 3.05) is 6.54 Å². The Kier molecular flexibility index (Phi) is 3.14. The molecule has 2 N–H and O–H groups in total. The second kappa shape index (κ2) is 4.55. The molecule has 0 spiro atoms. The summed E-state index contributed by atoms with van der Waals surface area (Å²) in [6, 6.07) is 5.75. The predicted molar refractivity (Wildman–Crippen MR) is 61.9 cm³/mol. The Balaban J connectivity index is 2.51. The van der Waals surface area contributed by atoms with Crippen LogP contribution in [0.25, 0.3) is 10.9 Å². The van der Waals surface area contributed by atoms with Crippen molar-refractivity contribution in [2.45, 2.75) is 12.8 Å². The second-order valence-corrected chi connectivity index (χ2v) is 3.76. The highest BCUT2D eigenvalue weighted by Gasteiger charge is 2.05. The largest absolute Gasteiger partial charge is 0.330 e. The van der Waals surface area contributed by atoms with Gasteiger partial charge in [0.25, 0.3) is 0 Å². The number of fused-ring (bicyclic) bond motifs is 1. The molecular weight excluding hydrogens is 210 g/mol. The van der Waals surface area contributed by atoms with Crippen LogP contribution in [0.1, 0.15) is 12.1 Å². The zero-order chi connectivity index (χ0) is 10.7. The molecule has 1 aromatic carbocycles. The molecule has 0 radical (unpaired) electrons. The highest BCUT2D eigenvalue weighted by atomic mass is 35.5. The molecule has 78 valence electrons. The summed E-state index contributed by atoms with van der Waals surface area (Å²) in [5.74, 6) is 0. The van der Waals surface area contributed by atoms with Crippen molar-refractivity contribution in [3.63, 3.8) is 0 Å². The lowest BCUT2D eigenvalue weighted by Gasteiger charge is -2.04. The fraction of sp³-hybridized carbons (Fsp3) is 0.273. The van der Waals surface area contributed by atoms with E-state index in [1.807, 2.05) is 18.2 Å². The maximum atomic E-state index is 6.05. The minimum absolute atomic E-state index is 0.670. The molecule has 0 aliphatic carbocycles. The van der Waals surface area contributed by atoms with E-state index in [4.69, 9.17) is 17.3 Å². The molecular formula is C11H12ClN3. The number of benzene rings is 1. The fourth-order valence-corrected chi connectivity index (χ4v) is 1.80. The summed E-state index contributed by atoms with van der Waals surface area (Å²) >= 11 is 6.05. The van der Waals surface area contributed by atoms with Crippen molar-refractivity contribution >= 4 is 22.5 Å². The van der Waals surface area contributed by atoms with Crippen LogP contribution >= 0.6 is 11.6 Å². The minimum atomic E-state index is 0.670. The summed E-state index contributed by atoms with van der Waals surface area (Å²) in [4.78, 5) is 8.44. The van der Waals surface area contributed by atoms with Gasteiger partial charge in [-0.25, -0.2) is 9.97 Å². The fourth-order valence-electron chi connectivity index (χ4n) is 1.57. The van der Waals surface area contributed by atoms with Crippen LogP contribution in [0.4, 0.5) is 0 Å². The molecule has 1 aromatic heterocycles. The molecule has 0 amide bonds. The van der Waals surface area contributed by atoms with Crippen molar-refractivity contribution in [1.82, 2.24) is 9.97 Å². The van der Waals surface area contributed by atoms with Crippen LogP contribution in [-0.4, -0.2) is 16.5 Å². The number of nitrogens with zero attached hydrogens (tertiary/aromatic N) is 2. The normalized spacial score (nSPS) is 10.8. The zero-order valence-corrected chi connectivity index (χ0v) is 9.04. The predicted octanol–water partition coefficient (Wildman–Crippen LogP) is 2.17. The lowest BCUT2D eigenvalue weighted by atomic mass is 10.1. The quantitative estimate of drug-likeness (QED) is 0.865. The van der Waals surface area contributed by atoms with Crippen LogP contribution in [0.3, 0.4) is 0 Å². The van der Waals surface area contributed by atoms with Crippen LogP contribution in [0.5, 0.6) is 0 Å². The molecule has 3 nitrogen and oxygen atoms in total. The van der Waals surface area contributed by atoms with E-state index in [2.05, 4.69) is 9.97 Å². The van der Waals surface area contributed by atoms with Crippen molar-refractivity contribution in [1.29, 1.82) is 0 Å². The first-order chi connectivity index (χ1) is 7.33. The molecule has 4 heteroatoms. The molecule has 15 heavy (non-hydrogen) atoms. The molecule has 1 heterocycles. The monoisotopic (exact) mass is 221 g/mol. The number of para-hydroxylation sites is 1. The molecule has 2 aromatic rings. The molecule has 2 rings (SSSR count). The number of nitrogens with two attached hydrogens (primary N) is 1. The number of hydrogen-bond donors (Lipinski definition) is 1. The Morgan fingerprint density at radius 2 is 2.13 bits per heavy atom. The third kappa shape index (κ3) is 2.08. The van der Waals surface area contributed by atoms with E-state index < -0.39 is 0 Å². The number of rotatable bonds is 3. The van der Waals surface area contributed by atoms with Crippen LogP contribution in [0.15, 0.2) is 24.5 Å². The van der Waals surface area contributed by atoms with E-state index in [-0.39, 0.29) is 0 Å². The van der Waals surface area contributed by atoms with Crippen LogP contribution < -0.4 is 5.73 Å². The van der Waals surface area contributed by atoms with Crippen molar-refractivity contribution in [3.8, 4) is 0 Å². The van der Waals surface area contributed by atoms with Gasteiger partial charge in [0.05, 0.1) is 16.2 Å². The summed E-state index contributed by atoms with van der Waals surface area (Å²) in [5, 5.41) is 1.70. The first kappa shape index (κ1) is 10.3. The third-order valence-electron chi connectivity index (χ3n) is 2.32. The lowest BCUT2D eigenvalue weighted by molar-refractivity contribution is 0.814. The molecule has 0 atom stereocenters. The van der Waals surface area contributed by atoms with Crippen molar-refractivity contribution in [3.05, 3.63) is 35.2 Å². The van der Waals surface area contributed by atoms with Gasteiger partial charge in [0, 0.05) is 5.39 Å². The van der Waals surface area contributed by atoms with Gasteiger partial charge in [0.1, 0.15) is 6.33 Å².